The van der Waals surface area contributed by atoms with Crippen LogP contribution in [0.1, 0.15) is 6.92 Å². The quantitative estimate of drug-likeness (QED) is 0.662. The second kappa shape index (κ2) is 4.29. The minimum Gasteiger partial charge on any atom is -0.388 e. The first kappa shape index (κ1) is 12.1. The number of hydrogen-bond donors (Lipinski definition) is 2. The summed E-state index contributed by atoms with van der Waals surface area (Å²) in [5.74, 6) is 0. The van der Waals surface area contributed by atoms with Gasteiger partial charge in [-0.3, -0.25) is 4.57 Å². The molecule has 0 unspecified atom stereocenters. The van der Waals surface area contributed by atoms with Crippen LogP contribution in [-0.4, -0.2) is 54.6 Å². The van der Waals surface area contributed by atoms with E-state index >= 15 is 0 Å². The molecule has 4 atom stereocenters. The highest BCUT2D eigenvalue weighted by Crippen LogP contribution is 2.38. The molecule has 1 aliphatic heterocycles. The summed E-state index contributed by atoms with van der Waals surface area (Å²) in [7, 11) is -2.56. The summed E-state index contributed by atoms with van der Waals surface area (Å²) in [6.45, 7) is 4.71. The van der Waals surface area contributed by atoms with Crippen molar-refractivity contribution in [3.05, 3.63) is 0 Å². The van der Waals surface area contributed by atoms with Crippen molar-refractivity contribution < 1.29 is 24.0 Å². The molecule has 0 aromatic rings. The smallest absolute Gasteiger partial charge is 0.197 e. The molecule has 1 saturated heterocycles. The van der Waals surface area contributed by atoms with Gasteiger partial charge in [-0.25, -0.2) is 0 Å². The molecule has 0 radical (unpaired) electrons. The van der Waals surface area contributed by atoms with Crippen molar-refractivity contribution in [3.63, 3.8) is 0 Å². The molecule has 1 fully saturated rings. The number of aliphatic hydroxyl groups excluding tert-OH is 2. The van der Waals surface area contributed by atoms with Gasteiger partial charge in [-0.15, -0.1) is 0 Å². The fourth-order valence-corrected chi connectivity index (χ4v) is 1.83. The summed E-state index contributed by atoms with van der Waals surface area (Å²) < 4.78 is 21.5. The Hall–Kier alpha value is 0.0700. The maximum absolute atomic E-state index is 11.2. The first-order chi connectivity index (χ1) is 6.31. The molecule has 0 saturated carbocycles. The van der Waals surface area contributed by atoms with Gasteiger partial charge in [-0.05, 0) is 6.92 Å². The molecule has 5 nitrogen and oxygen atoms in total. The molecular formula is C8H17O5P. The van der Waals surface area contributed by atoms with Gasteiger partial charge in [0.25, 0.3) is 0 Å². The normalized spacial score (nSPS) is 38.9. The Bertz CT molecular complexity index is 238. The number of ether oxygens (including phenoxy) is 1. The molecule has 0 aliphatic carbocycles. The van der Waals surface area contributed by atoms with E-state index in [1.807, 2.05) is 0 Å². The molecule has 1 aliphatic rings. The topological polar surface area (TPSA) is 76.0 Å². The van der Waals surface area contributed by atoms with Crippen molar-refractivity contribution in [2.75, 3.05) is 19.9 Å². The lowest BCUT2D eigenvalue weighted by Gasteiger charge is -2.16. The van der Waals surface area contributed by atoms with E-state index in [-0.39, 0.29) is 6.61 Å². The monoisotopic (exact) mass is 224 g/mol. The van der Waals surface area contributed by atoms with Crippen molar-refractivity contribution in [1.29, 1.82) is 0 Å². The van der Waals surface area contributed by atoms with Gasteiger partial charge in [-0.1, -0.05) is 0 Å². The molecule has 84 valence electrons. The van der Waals surface area contributed by atoms with E-state index in [0.29, 0.717) is 0 Å². The Morgan fingerprint density at radius 2 is 1.93 bits per heavy atom. The lowest BCUT2D eigenvalue weighted by atomic mass is 10.1. The highest BCUT2D eigenvalue weighted by atomic mass is 31.2. The lowest BCUT2D eigenvalue weighted by Crippen LogP contribution is -2.33. The fraction of sp³-hybridized carbons (Fsp3) is 1.00. The molecule has 0 aromatic carbocycles. The van der Waals surface area contributed by atoms with Crippen molar-refractivity contribution in [2.45, 2.75) is 31.3 Å². The van der Waals surface area contributed by atoms with Gasteiger partial charge in [0.2, 0.25) is 0 Å². The van der Waals surface area contributed by atoms with E-state index in [0.717, 1.165) is 0 Å². The molecule has 1 rings (SSSR count). The zero-order valence-electron chi connectivity index (χ0n) is 8.58. The minimum absolute atomic E-state index is 0.0485. The predicted octanol–water partition coefficient (Wildman–Crippen LogP) is 0.0498. The number of rotatable bonds is 3. The van der Waals surface area contributed by atoms with E-state index in [1.54, 1.807) is 6.92 Å². The zero-order valence-corrected chi connectivity index (χ0v) is 9.48. The van der Waals surface area contributed by atoms with Crippen molar-refractivity contribution in [3.8, 4) is 0 Å². The van der Waals surface area contributed by atoms with Gasteiger partial charge >= 0.3 is 0 Å². The van der Waals surface area contributed by atoms with Crippen LogP contribution < -0.4 is 0 Å². The molecular weight excluding hydrogens is 207 g/mol. The fourth-order valence-electron chi connectivity index (χ4n) is 1.33. The maximum Gasteiger partial charge on any atom is 0.197 e. The van der Waals surface area contributed by atoms with Crippen molar-refractivity contribution >= 4 is 7.37 Å². The Labute approximate surface area is 83.5 Å². The Morgan fingerprint density at radius 1 is 1.36 bits per heavy atom. The summed E-state index contributed by atoms with van der Waals surface area (Å²) in [5, 5.41) is 18.8. The Morgan fingerprint density at radius 3 is 2.29 bits per heavy atom. The van der Waals surface area contributed by atoms with Gasteiger partial charge in [0.05, 0.1) is 12.7 Å². The zero-order chi connectivity index (χ0) is 10.9. The summed E-state index contributed by atoms with van der Waals surface area (Å²) in [6, 6.07) is 0. The third-order valence-corrected chi connectivity index (χ3v) is 2.92. The van der Waals surface area contributed by atoms with Crippen LogP contribution in [0.4, 0.5) is 0 Å². The standard InChI is InChI=1S/C8H17O5P/c1-5-7(9)8(10)6(13-5)4-12-14(2,3)11/h5-10H,4H2,1-3H3/t5-,6+,7-,8+/m0/s1. The maximum atomic E-state index is 11.2. The molecule has 1 heterocycles. The molecule has 0 amide bonds. The SMILES string of the molecule is C[C@@H]1O[C@H](COP(C)(C)=O)[C@@H](O)[C@H]1O. The van der Waals surface area contributed by atoms with Crippen LogP contribution in [0.25, 0.3) is 0 Å². The van der Waals surface area contributed by atoms with E-state index in [9.17, 15) is 14.8 Å². The minimum atomic E-state index is -2.56. The van der Waals surface area contributed by atoms with E-state index < -0.39 is 31.8 Å². The average Bonchev–Trinajstić information content (AvgIpc) is 2.28. The second-order valence-electron chi connectivity index (χ2n) is 3.91. The van der Waals surface area contributed by atoms with Crippen LogP contribution in [0, 0.1) is 0 Å². The van der Waals surface area contributed by atoms with E-state index in [4.69, 9.17) is 9.26 Å². The van der Waals surface area contributed by atoms with Crippen LogP contribution in [0.15, 0.2) is 0 Å². The van der Waals surface area contributed by atoms with Crippen LogP contribution in [0.5, 0.6) is 0 Å². The largest absolute Gasteiger partial charge is 0.388 e. The van der Waals surface area contributed by atoms with Crippen LogP contribution in [0.3, 0.4) is 0 Å². The Balaban J connectivity index is 2.44. The van der Waals surface area contributed by atoms with Crippen molar-refractivity contribution in [1.82, 2.24) is 0 Å². The van der Waals surface area contributed by atoms with E-state index in [1.165, 1.54) is 13.3 Å². The van der Waals surface area contributed by atoms with Gasteiger partial charge in [-0.2, -0.15) is 0 Å². The third-order valence-electron chi connectivity index (χ3n) is 2.15. The molecule has 0 aromatic heterocycles. The number of hydrogen-bond acceptors (Lipinski definition) is 5. The summed E-state index contributed by atoms with van der Waals surface area (Å²) >= 11 is 0. The first-order valence-corrected chi connectivity index (χ1v) is 7.04. The Kier molecular flexibility index (Phi) is 3.72. The molecule has 14 heavy (non-hydrogen) atoms. The molecule has 0 bridgehead atoms. The molecule has 6 heteroatoms. The van der Waals surface area contributed by atoms with Gasteiger partial charge in [0, 0.05) is 13.3 Å². The average molecular weight is 224 g/mol. The lowest BCUT2D eigenvalue weighted by molar-refractivity contribution is -0.0100. The first-order valence-electron chi connectivity index (χ1n) is 4.52. The second-order valence-corrected chi connectivity index (χ2v) is 6.67. The van der Waals surface area contributed by atoms with E-state index in [2.05, 4.69) is 0 Å². The highest BCUT2D eigenvalue weighted by Gasteiger charge is 2.40. The van der Waals surface area contributed by atoms with Crippen LogP contribution >= 0.6 is 7.37 Å². The summed E-state index contributed by atoms with van der Waals surface area (Å²) in [5.41, 5.74) is 0. The summed E-state index contributed by atoms with van der Waals surface area (Å²) in [6.07, 6.45) is -2.85. The predicted molar refractivity (Wildman–Crippen MR) is 51.8 cm³/mol. The molecule has 2 N–H and O–H groups in total. The van der Waals surface area contributed by atoms with Gasteiger partial charge in [0.15, 0.2) is 7.37 Å². The highest BCUT2D eigenvalue weighted by molar-refractivity contribution is 7.57. The third kappa shape index (κ3) is 3.04. The van der Waals surface area contributed by atoms with Crippen molar-refractivity contribution in [2.24, 2.45) is 0 Å². The number of aliphatic hydroxyl groups is 2. The summed E-state index contributed by atoms with van der Waals surface area (Å²) in [4.78, 5) is 0. The van der Waals surface area contributed by atoms with Gasteiger partial charge < -0.3 is 19.5 Å². The van der Waals surface area contributed by atoms with Gasteiger partial charge in [0.1, 0.15) is 18.3 Å². The van der Waals surface area contributed by atoms with Crippen LogP contribution in [-0.2, 0) is 13.8 Å². The van der Waals surface area contributed by atoms with Crippen LogP contribution in [0.2, 0.25) is 0 Å². The molecule has 0 spiro atoms.